The van der Waals surface area contributed by atoms with Gasteiger partial charge in [0, 0.05) is 13.1 Å². The summed E-state index contributed by atoms with van der Waals surface area (Å²) in [6.07, 6.45) is -1.30. The molecule has 2 heterocycles. The maximum atomic E-state index is 12.8. The van der Waals surface area contributed by atoms with Crippen molar-refractivity contribution in [2.75, 3.05) is 5.32 Å². The first kappa shape index (κ1) is 20.6. The van der Waals surface area contributed by atoms with Gasteiger partial charge in [0.2, 0.25) is 0 Å². The van der Waals surface area contributed by atoms with Crippen molar-refractivity contribution < 1.29 is 14.3 Å². The van der Waals surface area contributed by atoms with Gasteiger partial charge in [-0.2, -0.15) is 0 Å². The molecule has 2 aromatic heterocycles. The maximum absolute atomic E-state index is 12.8. The first-order chi connectivity index (χ1) is 14.2. The van der Waals surface area contributed by atoms with E-state index in [4.69, 9.17) is 4.74 Å². The summed E-state index contributed by atoms with van der Waals surface area (Å²) in [7, 11) is 1.67. The number of aromatic nitrogens is 4. The lowest BCUT2D eigenvalue weighted by Gasteiger charge is -2.12. The highest BCUT2D eigenvalue weighted by molar-refractivity contribution is 5.97. The summed E-state index contributed by atoms with van der Waals surface area (Å²) < 4.78 is 7.97. The van der Waals surface area contributed by atoms with Crippen molar-refractivity contribution in [1.82, 2.24) is 19.3 Å². The molecule has 0 fully saturated rings. The molecule has 3 rings (SSSR count). The fourth-order valence-electron chi connectivity index (χ4n) is 2.79. The Hall–Kier alpha value is -4.15. The van der Waals surface area contributed by atoms with Gasteiger partial charge >= 0.3 is 11.7 Å². The number of esters is 1. The summed E-state index contributed by atoms with van der Waals surface area (Å²) in [5.41, 5.74) is -1.37. The average Bonchev–Trinajstić information content (AvgIpc) is 2.91. The van der Waals surface area contributed by atoms with Crippen molar-refractivity contribution in [3.05, 3.63) is 79.0 Å². The van der Waals surface area contributed by atoms with Crippen LogP contribution in [-0.2, 0) is 16.6 Å². The van der Waals surface area contributed by atoms with Crippen molar-refractivity contribution in [3.8, 4) is 5.69 Å². The third kappa shape index (κ3) is 3.99. The third-order valence-electron chi connectivity index (χ3n) is 4.44. The van der Waals surface area contributed by atoms with Crippen LogP contribution in [0.25, 0.3) is 5.69 Å². The minimum Gasteiger partial charge on any atom is -0.448 e. The summed E-state index contributed by atoms with van der Waals surface area (Å²) in [4.78, 5) is 64.0. The van der Waals surface area contributed by atoms with E-state index in [0.29, 0.717) is 11.4 Å². The molecule has 1 amide bonds. The molecule has 1 unspecified atom stereocenters. The highest BCUT2D eigenvalue weighted by atomic mass is 16.5. The zero-order valence-corrected chi connectivity index (χ0v) is 16.4. The Morgan fingerprint density at radius 3 is 2.40 bits per heavy atom. The lowest BCUT2D eigenvalue weighted by Crippen LogP contribution is -2.33. The van der Waals surface area contributed by atoms with E-state index in [1.54, 1.807) is 42.9 Å². The Kier molecular flexibility index (Phi) is 5.54. The van der Waals surface area contributed by atoms with Gasteiger partial charge < -0.3 is 15.0 Å². The fourth-order valence-corrected chi connectivity index (χ4v) is 2.79. The van der Waals surface area contributed by atoms with E-state index < -0.39 is 40.5 Å². The number of ether oxygens (including phenoxy) is 1. The molecule has 156 valence electrons. The Balaban J connectivity index is 1.80. The monoisotopic (exact) mass is 413 g/mol. The SMILES string of the molecule is Cc1c(NC(=O)C(C)OC(=O)c2cc(=O)[nH]c(=O)[nH]2)c(=O)n(-c2ccccc2)n1C. The Morgan fingerprint density at radius 2 is 1.77 bits per heavy atom. The first-order valence-electron chi connectivity index (χ1n) is 8.88. The van der Waals surface area contributed by atoms with E-state index >= 15 is 0 Å². The molecule has 0 saturated carbocycles. The van der Waals surface area contributed by atoms with Crippen molar-refractivity contribution in [2.24, 2.45) is 7.05 Å². The van der Waals surface area contributed by atoms with Crippen molar-refractivity contribution in [1.29, 1.82) is 0 Å². The fraction of sp³-hybridized carbons (Fsp3) is 0.211. The summed E-state index contributed by atoms with van der Waals surface area (Å²) in [6.45, 7) is 2.96. The van der Waals surface area contributed by atoms with Gasteiger partial charge in [-0.3, -0.25) is 24.0 Å². The second kappa shape index (κ2) is 8.07. The van der Waals surface area contributed by atoms with Crippen LogP contribution in [0.1, 0.15) is 23.1 Å². The van der Waals surface area contributed by atoms with Gasteiger partial charge in [0.1, 0.15) is 11.4 Å². The summed E-state index contributed by atoms with van der Waals surface area (Å²) in [5, 5.41) is 2.48. The molecule has 0 spiro atoms. The molecule has 0 saturated heterocycles. The number of para-hydroxylation sites is 1. The number of hydrogen-bond acceptors (Lipinski definition) is 6. The molecule has 0 radical (unpaired) electrons. The van der Waals surface area contributed by atoms with Crippen LogP contribution < -0.4 is 22.1 Å². The number of carbonyl (C=O) groups is 2. The summed E-state index contributed by atoms with van der Waals surface area (Å²) in [6, 6.07) is 9.72. The van der Waals surface area contributed by atoms with Crippen molar-refractivity contribution >= 4 is 17.6 Å². The Labute approximate surface area is 168 Å². The van der Waals surface area contributed by atoms with Crippen LogP contribution in [0.2, 0.25) is 0 Å². The first-order valence-corrected chi connectivity index (χ1v) is 8.88. The summed E-state index contributed by atoms with van der Waals surface area (Å²) in [5.74, 6) is -1.81. The number of H-pyrrole nitrogens is 2. The van der Waals surface area contributed by atoms with Gasteiger partial charge in [0.15, 0.2) is 6.10 Å². The molecule has 0 aliphatic rings. The largest absolute Gasteiger partial charge is 0.448 e. The maximum Gasteiger partial charge on any atom is 0.355 e. The molecule has 3 aromatic rings. The van der Waals surface area contributed by atoms with Crippen LogP contribution in [-0.4, -0.2) is 37.3 Å². The number of amides is 1. The van der Waals surface area contributed by atoms with E-state index in [-0.39, 0.29) is 5.69 Å². The lowest BCUT2D eigenvalue weighted by atomic mass is 10.3. The standard InChI is InChI=1S/C19H19N5O6/c1-10-15(17(27)24(23(10)3)12-7-5-4-6-8-12)22-16(26)11(2)30-18(28)13-9-14(25)21-19(29)20-13/h4-9,11H,1-3H3,(H,22,26)(H2,20,21,25,29). The van der Waals surface area contributed by atoms with Gasteiger partial charge in [0.25, 0.3) is 17.0 Å². The molecule has 11 nitrogen and oxygen atoms in total. The third-order valence-corrected chi connectivity index (χ3v) is 4.44. The minimum atomic E-state index is -1.30. The molecule has 3 N–H and O–H groups in total. The zero-order valence-electron chi connectivity index (χ0n) is 16.4. The molecule has 0 aliphatic carbocycles. The van der Waals surface area contributed by atoms with Crippen molar-refractivity contribution in [3.63, 3.8) is 0 Å². The summed E-state index contributed by atoms with van der Waals surface area (Å²) >= 11 is 0. The Bertz CT molecular complexity index is 1250. The number of nitrogens with zero attached hydrogens (tertiary/aromatic N) is 2. The van der Waals surface area contributed by atoms with E-state index in [9.17, 15) is 24.0 Å². The second-order valence-corrected chi connectivity index (χ2v) is 6.47. The number of nitrogens with one attached hydrogen (secondary N) is 3. The highest BCUT2D eigenvalue weighted by Gasteiger charge is 2.24. The molecule has 11 heteroatoms. The normalized spacial score (nSPS) is 11.7. The number of rotatable bonds is 5. The van der Waals surface area contributed by atoms with Gasteiger partial charge in [-0.05, 0) is 26.0 Å². The van der Waals surface area contributed by atoms with E-state index in [0.717, 1.165) is 6.07 Å². The van der Waals surface area contributed by atoms with Crippen LogP contribution in [0, 0.1) is 6.92 Å². The minimum absolute atomic E-state index is 0.0406. The molecular formula is C19H19N5O6. The van der Waals surface area contributed by atoms with Crippen LogP contribution in [0.5, 0.6) is 0 Å². The van der Waals surface area contributed by atoms with Gasteiger partial charge in [-0.1, -0.05) is 18.2 Å². The van der Waals surface area contributed by atoms with E-state index in [1.165, 1.54) is 11.6 Å². The second-order valence-electron chi connectivity index (χ2n) is 6.47. The molecule has 1 aromatic carbocycles. The van der Waals surface area contributed by atoms with E-state index in [2.05, 4.69) is 10.3 Å². The smallest absolute Gasteiger partial charge is 0.355 e. The van der Waals surface area contributed by atoms with Gasteiger partial charge in [-0.15, -0.1) is 0 Å². The van der Waals surface area contributed by atoms with Gasteiger partial charge in [0.05, 0.1) is 11.4 Å². The van der Waals surface area contributed by atoms with Crippen LogP contribution >= 0.6 is 0 Å². The highest BCUT2D eigenvalue weighted by Crippen LogP contribution is 2.14. The molecule has 1 atom stereocenters. The van der Waals surface area contributed by atoms with Gasteiger partial charge in [-0.25, -0.2) is 14.3 Å². The van der Waals surface area contributed by atoms with Crippen LogP contribution in [0.4, 0.5) is 5.69 Å². The zero-order chi connectivity index (χ0) is 22.0. The van der Waals surface area contributed by atoms with E-state index in [1.807, 2.05) is 11.1 Å². The van der Waals surface area contributed by atoms with Crippen LogP contribution in [0.15, 0.2) is 50.8 Å². The average molecular weight is 413 g/mol. The predicted molar refractivity (Wildman–Crippen MR) is 107 cm³/mol. The Morgan fingerprint density at radius 1 is 1.10 bits per heavy atom. The number of carbonyl (C=O) groups excluding carboxylic acids is 2. The lowest BCUT2D eigenvalue weighted by molar-refractivity contribution is -0.123. The number of anilines is 1. The van der Waals surface area contributed by atoms with Crippen molar-refractivity contribution in [2.45, 2.75) is 20.0 Å². The molecule has 0 bridgehead atoms. The molecule has 0 aliphatic heterocycles. The molecular weight excluding hydrogens is 394 g/mol. The topological polar surface area (TPSA) is 148 Å². The predicted octanol–water partition coefficient (Wildman–Crippen LogP) is 0.0450. The quantitative estimate of drug-likeness (QED) is 0.503. The van der Waals surface area contributed by atoms with Crippen LogP contribution in [0.3, 0.4) is 0 Å². The number of aromatic amines is 2. The number of benzene rings is 1. The number of hydrogen-bond donors (Lipinski definition) is 3. The molecule has 30 heavy (non-hydrogen) atoms.